The molecule has 1 N–H and O–H groups in total. The smallest absolute Gasteiger partial charge is 0.154 e. The largest absolute Gasteiger partial charge is 0.358 e. The second kappa shape index (κ2) is 11.4. The van der Waals surface area contributed by atoms with Gasteiger partial charge in [0.2, 0.25) is 0 Å². The fraction of sp³-hybridized carbons (Fsp3) is 0.333. The van der Waals surface area contributed by atoms with Gasteiger partial charge in [0.25, 0.3) is 0 Å². The van der Waals surface area contributed by atoms with Crippen molar-refractivity contribution >= 4 is 17.1 Å². The minimum Gasteiger partial charge on any atom is -0.358 e. The molecule has 33 heavy (non-hydrogen) atoms. The second-order valence-electron chi connectivity index (χ2n) is 8.53. The molecule has 6 nitrogen and oxygen atoms in total. The third-order valence-electron chi connectivity index (χ3n) is 5.67. The molecule has 172 valence electrons. The monoisotopic (exact) mass is 442 g/mol. The summed E-state index contributed by atoms with van der Waals surface area (Å²) in [5.74, 6) is 2.10. The summed E-state index contributed by atoms with van der Waals surface area (Å²) in [4.78, 5) is 19.4. The van der Waals surface area contributed by atoms with E-state index in [4.69, 9.17) is 0 Å². The number of aromatic nitrogens is 2. The first-order valence-corrected chi connectivity index (χ1v) is 11.3. The van der Waals surface area contributed by atoms with Crippen molar-refractivity contribution in [1.82, 2.24) is 20.2 Å². The molecule has 1 fully saturated rings. The van der Waals surface area contributed by atoms with Gasteiger partial charge in [-0.25, -0.2) is 15.0 Å². The molecule has 3 rings (SSSR count). The van der Waals surface area contributed by atoms with Crippen molar-refractivity contribution < 1.29 is 0 Å². The van der Waals surface area contributed by atoms with E-state index in [9.17, 15) is 0 Å². The zero-order chi connectivity index (χ0) is 23.8. The summed E-state index contributed by atoms with van der Waals surface area (Å²) in [6, 6.07) is 10.5. The quantitative estimate of drug-likeness (QED) is 0.364. The van der Waals surface area contributed by atoms with Crippen molar-refractivity contribution in [2.24, 2.45) is 9.98 Å². The summed E-state index contributed by atoms with van der Waals surface area (Å²) in [6.07, 6.45) is 7.56. The summed E-state index contributed by atoms with van der Waals surface area (Å²) in [5.41, 5.74) is 6.08. The van der Waals surface area contributed by atoms with E-state index in [0.29, 0.717) is 5.92 Å². The molecule has 6 heteroatoms. The Kier molecular flexibility index (Phi) is 8.30. The van der Waals surface area contributed by atoms with Gasteiger partial charge in [-0.2, -0.15) is 0 Å². The molecule has 1 aliphatic heterocycles. The van der Waals surface area contributed by atoms with Crippen molar-refractivity contribution in [3.05, 3.63) is 90.4 Å². The Labute approximate surface area is 197 Å². The van der Waals surface area contributed by atoms with Crippen molar-refractivity contribution in [2.75, 3.05) is 20.1 Å². The van der Waals surface area contributed by atoms with E-state index in [1.165, 1.54) is 5.56 Å². The fourth-order valence-corrected chi connectivity index (χ4v) is 4.01. The van der Waals surface area contributed by atoms with Gasteiger partial charge in [0.15, 0.2) is 5.84 Å². The lowest BCUT2D eigenvalue weighted by atomic mass is 9.90. The van der Waals surface area contributed by atoms with E-state index in [1.807, 2.05) is 32.9 Å². The first-order chi connectivity index (χ1) is 15.9. The standard InChI is InChI=1S/C27H34N6/c1-19(2)31-27(28-6)24-11-9-23(10-12-24)25-8-7-15-33(17-25)22(5)32-21(4)16-20(3)26-13-14-29-18-30-26/h9-14,16,18,25,32H,4-5,7-8,15,17H2,1-3,6H3/b20-16+,28-27?. The molecule has 2 aromatic rings. The van der Waals surface area contributed by atoms with Gasteiger partial charge in [-0.1, -0.05) is 37.4 Å². The number of likely N-dealkylation sites (tertiary alicyclic amines) is 1. The van der Waals surface area contributed by atoms with Crippen LogP contribution in [0.3, 0.4) is 0 Å². The number of piperidine rings is 1. The number of hydrogen-bond donors (Lipinski definition) is 1. The molecule has 1 aliphatic rings. The number of nitrogens with zero attached hydrogens (tertiary/aromatic N) is 5. The predicted molar refractivity (Wildman–Crippen MR) is 138 cm³/mol. The zero-order valence-electron chi connectivity index (χ0n) is 20.2. The number of amidine groups is 1. The summed E-state index contributed by atoms with van der Waals surface area (Å²) in [5, 5.41) is 3.36. The number of rotatable bonds is 7. The number of aliphatic imine (C=N–C) groups is 2. The van der Waals surface area contributed by atoms with E-state index < -0.39 is 0 Å². The van der Waals surface area contributed by atoms with E-state index >= 15 is 0 Å². The van der Waals surface area contributed by atoms with Crippen LogP contribution < -0.4 is 5.32 Å². The van der Waals surface area contributed by atoms with Crippen LogP contribution in [0.2, 0.25) is 0 Å². The predicted octanol–water partition coefficient (Wildman–Crippen LogP) is 5.19. The van der Waals surface area contributed by atoms with Crippen molar-refractivity contribution in [1.29, 1.82) is 0 Å². The lowest BCUT2D eigenvalue weighted by molar-refractivity contribution is 0.249. The molecule has 2 heterocycles. The highest BCUT2D eigenvalue weighted by molar-refractivity contribution is 6.05. The normalized spacial score (nSPS) is 16.8. The number of hydrogen-bond acceptors (Lipinski definition) is 5. The van der Waals surface area contributed by atoms with Gasteiger partial charge < -0.3 is 10.2 Å². The van der Waals surface area contributed by atoms with Gasteiger partial charge in [0, 0.05) is 49.2 Å². The van der Waals surface area contributed by atoms with Gasteiger partial charge in [-0.3, -0.25) is 4.99 Å². The van der Waals surface area contributed by atoms with E-state index in [2.05, 4.69) is 67.6 Å². The fourth-order valence-electron chi connectivity index (χ4n) is 4.01. The molecule has 0 spiro atoms. The maximum Gasteiger partial charge on any atom is 0.154 e. The zero-order valence-corrected chi connectivity index (χ0v) is 20.2. The third-order valence-corrected chi connectivity index (χ3v) is 5.67. The van der Waals surface area contributed by atoms with Crippen LogP contribution in [0.15, 0.2) is 83.6 Å². The Morgan fingerprint density at radius 2 is 1.91 bits per heavy atom. The minimum absolute atomic E-state index is 0.455. The Balaban J connectivity index is 1.62. The summed E-state index contributed by atoms with van der Waals surface area (Å²) < 4.78 is 0. The van der Waals surface area contributed by atoms with Crippen molar-refractivity contribution in [3.63, 3.8) is 0 Å². The summed E-state index contributed by atoms with van der Waals surface area (Å²) in [7, 11) is 1.78. The Bertz CT molecular complexity index is 1060. The van der Waals surface area contributed by atoms with Gasteiger partial charge >= 0.3 is 0 Å². The summed E-state index contributed by atoms with van der Waals surface area (Å²) in [6.45, 7) is 16.3. The van der Waals surface area contributed by atoms with Crippen LogP contribution in [0.25, 0.3) is 5.57 Å². The number of nitrogens with one attached hydrogen (secondary N) is 1. The van der Waals surface area contributed by atoms with Gasteiger partial charge in [-0.15, -0.1) is 0 Å². The Hall–Kier alpha value is -3.54. The minimum atomic E-state index is 0.455. The van der Waals surface area contributed by atoms with Crippen LogP contribution in [0.1, 0.15) is 56.4 Å². The Morgan fingerprint density at radius 1 is 1.15 bits per heavy atom. The van der Waals surface area contributed by atoms with Crippen LogP contribution in [0, 0.1) is 0 Å². The van der Waals surface area contributed by atoms with Crippen LogP contribution in [-0.2, 0) is 0 Å². The van der Waals surface area contributed by atoms with Gasteiger partial charge in [-0.05, 0) is 56.9 Å². The lowest BCUT2D eigenvalue weighted by Gasteiger charge is -2.36. The molecule has 0 aliphatic carbocycles. The highest BCUT2D eigenvalue weighted by Crippen LogP contribution is 2.28. The second-order valence-corrected chi connectivity index (χ2v) is 8.53. The Morgan fingerprint density at radius 3 is 2.55 bits per heavy atom. The third kappa shape index (κ3) is 6.72. The topological polar surface area (TPSA) is 65.8 Å². The molecular weight excluding hydrogens is 408 g/mol. The molecule has 0 saturated carbocycles. The highest BCUT2D eigenvalue weighted by Gasteiger charge is 2.22. The number of allylic oxidation sites excluding steroid dienone is 2. The number of benzene rings is 1. The molecule has 0 amide bonds. The van der Waals surface area contributed by atoms with E-state index in [-0.39, 0.29) is 0 Å². The van der Waals surface area contributed by atoms with Gasteiger partial charge in [0.05, 0.1) is 11.5 Å². The lowest BCUT2D eigenvalue weighted by Crippen LogP contribution is -2.37. The molecule has 1 saturated heterocycles. The molecule has 1 aromatic heterocycles. The van der Waals surface area contributed by atoms with Crippen molar-refractivity contribution in [3.8, 4) is 0 Å². The maximum absolute atomic E-state index is 4.53. The summed E-state index contributed by atoms with van der Waals surface area (Å²) >= 11 is 0. The molecule has 1 unspecified atom stereocenters. The molecule has 0 bridgehead atoms. The van der Waals surface area contributed by atoms with E-state index in [0.717, 1.165) is 65.8 Å². The highest BCUT2D eigenvalue weighted by atomic mass is 15.2. The molecule has 1 aromatic carbocycles. The van der Waals surface area contributed by atoms with Crippen LogP contribution >= 0.6 is 0 Å². The first-order valence-electron chi connectivity index (χ1n) is 11.3. The molecule has 1 atom stereocenters. The van der Waals surface area contributed by atoms with Crippen LogP contribution in [-0.4, -0.2) is 46.6 Å². The average molecular weight is 443 g/mol. The van der Waals surface area contributed by atoms with Crippen LogP contribution in [0.4, 0.5) is 0 Å². The molecule has 0 radical (unpaired) electrons. The van der Waals surface area contributed by atoms with E-state index in [1.54, 1.807) is 19.6 Å². The SMILES string of the molecule is C=C(/C=C(\C)c1ccncn1)NC(=C)N1CCCC(c2ccc(C(N=C(C)C)=NC)cc2)C1. The maximum atomic E-state index is 4.53. The first kappa shape index (κ1) is 24.1. The molecular formula is C27H34N6. The van der Waals surface area contributed by atoms with Crippen LogP contribution in [0.5, 0.6) is 0 Å². The van der Waals surface area contributed by atoms with Gasteiger partial charge in [0.1, 0.15) is 6.33 Å². The average Bonchev–Trinajstić information content (AvgIpc) is 2.83. The van der Waals surface area contributed by atoms with Crippen molar-refractivity contribution in [2.45, 2.75) is 39.5 Å².